The van der Waals surface area contributed by atoms with E-state index in [2.05, 4.69) is 21.4 Å². The number of piperidine rings is 1. The Hall–Kier alpha value is -1.86. The fraction of sp³-hybridized carbons (Fsp3) is 0.429. The van der Waals surface area contributed by atoms with Gasteiger partial charge in [0.25, 0.3) is 0 Å². The van der Waals surface area contributed by atoms with Crippen molar-refractivity contribution in [3.63, 3.8) is 0 Å². The van der Waals surface area contributed by atoms with Gasteiger partial charge in [-0.15, -0.1) is 0 Å². The maximum Gasteiger partial charge on any atom is 0.107 e. The molecule has 0 aliphatic carbocycles. The molecule has 92 valence electrons. The van der Waals surface area contributed by atoms with E-state index in [1.807, 2.05) is 18.2 Å². The Bertz CT molecular complexity index is 587. The van der Waals surface area contributed by atoms with Crippen molar-refractivity contribution in [1.29, 1.82) is 5.26 Å². The second-order valence-electron chi connectivity index (χ2n) is 4.94. The van der Waals surface area contributed by atoms with Crippen LogP contribution in [0.4, 0.5) is 0 Å². The summed E-state index contributed by atoms with van der Waals surface area (Å²) in [4.78, 5) is 7.92. The van der Waals surface area contributed by atoms with Crippen molar-refractivity contribution in [2.24, 2.45) is 5.92 Å². The Morgan fingerprint density at radius 1 is 1.44 bits per heavy atom. The molecule has 18 heavy (non-hydrogen) atoms. The zero-order chi connectivity index (χ0) is 12.4. The van der Waals surface area contributed by atoms with E-state index in [-0.39, 0.29) is 0 Å². The highest BCUT2D eigenvalue weighted by atomic mass is 14.9. The zero-order valence-corrected chi connectivity index (χ0v) is 10.2. The normalized spacial score (nSPS) is 19.8. The van der Waals surface area contributed by atoms with Gasteiger partial charge in [0.1, 0.15) is 5.82 Å². The highest BCUT2D eigenvalue weighted by Crippen LogP contribution is 2.18. The molecule has 0 radical (unpaired) electrons. The molecular formula is C14H16N4. The summed E-state index contributed by atoms with van der Waals surface area (Å²) < 4.78 is 0. The summed E-state index contributed by atoms with van der Waals surface area (Å²) in [6.07, 6.45) is 3.51. The summed E-state index contributed by atoms with van der Waals surface area (Å²) in [6.45, 7) is 2.22. The average molecular weight is 240 g/mol. The average Bonchev–Trinajstić information content (AvgIpc) is 2.80. The van der Waals surface area contributed by atoms with Gasteiger partial charge in [0.15, 0.2) is 0 Å². The maximum atomic E-state index is 8.87. The van der Waals surface area contributed by atoms with Crippen molar-refractivity contribution >= 4 is 11.0 Å². The second-order valence-corrected chi connectivity index (χ2v) is 4.94. The number of rotatable bonds is 2. The predicted molar refractivity (Wildman–Crippen MR) is 70.1 cm³/mol. The van der Waals surface area contributed by atoms with E-state index < -0.39 is 0 Å². The number of aromatic nitrogens is 2. The number of nitriles is 1. The Labute approximate surface area is 106 Å². The third kappa shape index (κ3) is 2.22. The standard InChI is InChI=1S/C14H16N4/c15-8-10-3-4-12-13(6-10)18-14(17-12)7-11-2-1-5-16-9-11/h3-4,6,11,16H,1-2,5,7,9H2,(H,17,18). The monoisotopic (exact) mass is 240 g/mol. The van der Waals surface area contributed by atoms with Gasteiger partial charge in [0, 0.05) is 6.42 Å². The number of imidazole rings is 1. The van der Waals surface area contributed by atoms with Gasteiger partial charge in [-0.05, 0) is 50.0 Å². The number of benzene rings is 1. The van der Waals surface area contributed by atoms with Crippen LogP contribution in [-0.2, 0) is 6.42 Å². The van der Waals surface area contributed by atoms with Crippen LogP contribution in [0, 0.1) is 17.2 Å². The number of hydrogen-bond acceptors (Lipinski definition) is 3. The number of nitrogens with one attached hydrogen (secondary N) is 2. The maximum absolute atomic E-state index is 8.87. The SMILES string of the molecule is N#Cc1ccc2nc(CC3CCCNC3)[nH]c2c1. The molecule has 4 nitrogen and oxygen atoms in total. The van der Waals surface area contributed by atoms with Gasteiger partial charge in [-0.3, -0.25) is 0 Å². The Morgan fingerprint density at radius 2 is 2.39 bits per heavy atom. The van der Waals surface area contributed by atoms with Gasteiger partial charge >= 0.3 is 0 Å². The lowest BCUT2D eigenvalue weighted by Gasteiger charge is -2.21. The molecular weight excluding hydrogens is 224 g/mol. The summed E-state index contributed by atoms with van der Waals surface area (Å²) in [6, 6.07) is 7.74. The smallest absolute Gasteiger partial charge is 0.107 e. The van der Waals surface area contributed by atoms with Crippen molar-refractivity contribution in [3.8, 4) is 6.07 Å². The first kappa shape index (κ1) is 11.2. The van der Waals surface area contributed by atoms with E-state index in [1.54, 1.807) is 0 Å². The molecule has 1 unspecified atom stereocenters. The highest BCUT2D eigenvalue weighted by molar-refractivity contribution is 5.76. The van der Waals surface area contributed by atoms with E-state index in [4.69, 9.17) is 5.26 Å². The van der Waals surface area contributed by atoms with Gasteiger partial charge in [-0.2, -0.15) is 5.26 Å². The summed E-state index contributed by atoms with van der Waals surface area (Å²) in [7, 11) is 0. The molecule has 2 N–H and O–H groups in total. The predicted octanol–water partition coefficient (Wildman–Crippen LogP) is 1.98. The second kappa shape index (κ2) is 4.79. The van der Waals surface area contributed by atoms with Gasteiger partial charge in [-0.1, -0.05) is 0 Å². The minimum absolute atomic E-state index is 0.676. The van der Waals surface area contributed by atoms with E-state index in [1.165, 1.54) is 12.8 Å². The third-order valence-corrected chi connectivity index (χ3v) is 3.54. The van der Waals surface area contributed by atoms with Crippen LogP contribution in [0.3, 0.4) is 0 Å². The van der Waals surface area contributed by atoms with Crippen LogP contribution in [0.5, 0.6) is 0 Å². The number of nitrogens with zero attached hydrogens (tertiary/aromatic N) is 2. The van der Waals surface area contributed by atoms with Crippen LogP contribution < -0.4 is 5.32 Å². The topological polar surface area (TPSA) is 64.5 Å². The molecule has 1 aromatic carbocycles. The minimum Gasteiger partial charge on any atom is -0.342 e. The lowest BCUT2D eigenvalue weighted by molar-refractivity contribution is 0.371. The van der Waals surface area contributed by atoms with E-state index in [9.17, 15) is 0 Å². The molecule has 3 rings (SSSR count). The molecule has 0 bridgehead atoms. The molecule has 0 amide bonds. The van der Waals surface area contributed by atoms with E-state index >= 15 is 0 Å². The van der Waals surface area contributed by atoms with Crippen molar-refractivity contribution in [3.05, 3.63) is 29.6 Å². The van der Waals surface area contributed by atoms with Gasteiger partial charge in [-0.25, -0.2) is 4.98 Å². The van der Waals surface area contributed by atoms with Crippen LogP contribution >= 0.6 is 0 Å². The first-order valence-electron chi connectivity index (χ1n) is 6.44. The fourth-order valence-electron chi connectivity index (χ4n) is 2.60. The number of hydrogen-bond donors (Lipinski definition) is 2. The van der Waals surface area contributed by atoms with Crippen LogP contribution in [-0.4, -0.2) is 23.1 Å². The van der Waals surface area contributed by atoms with E-state index in [0.29, 0.717) is 11.5 Å². The molecule has 2 heterocycles. The van der Waals surface area contributed by atoms with Crippen LogP contribution in [0.25, 0.3) is 11.0 Å². The molecule has 1 aliphatic rings. The Kier molecular flexibility index (Phi) is 2.99. The van der Waals surface area contributed by atoms with Gasteiger partial charge < -0.3 is 10.3 Å². The summed E-state index contributed by atoms with van der Waals surface area (Å²) in [5.74, 6) is 1.71. The fourth-order valence-corrected chi connectivity index (χ4v) is 2.60. The molecule has 1 fully saturated rings. The number of H-pyrrole nitrogens is 1. The quantitative estimate of drug-likeness (QED) is 0.843. The molecule has 2 aromatic rings. The molecule has 1 saturated heterocycles. The van der Waals surface area contributed by atoms with E-state index in [0.717, 1.165) is 36.4 Å². The van der Waals surface area contributed by atoms with Crippen molar-refractivity contribution in [2.45, 2.75) is 19.3 Å². The van der Waals surface area contributed by atoms with Crippen LogP contribution in [0.15, 0.2) is 18.2 Å². The van der Waals surface area contributed by atoms with Gasteiger partial charge in [0.2, 0.25) is 0 Å². The largest absolute Gasteiger partial charge is 0.342 e. The third-order valence-electron chi connectivity index (χ3n) is 3.54. The zero-order valence-electron chi connectivity index (χ0n) is 10.2. The van der Waals surface area contributed by atoms with Crippen molar-refractivity contribution < 1.29 is 0 Å². The Morgan fingerprint density at radius 3 is 3.17 bits per heavy atom. The first-order valence-corrected chi connectivity index (χ1v) is 6.44. The van der Waals surface area contributed by atoms with Crippen LogP contribution in [0.1, 0.15) is 24.2 Å². The Balaban J connectivity index is 1.82. The number of fused-ring (bicyclic) bond motifs is 1. The molecule has 1 aromatic heterocycles. The molecule has 4 heteroatoms. The van der Waals surface area contributed by atoms with Crippen molar-refractivity contribution in [1.82, 2.24) is 15.3 Å². The first-order chi connectivity index (χ1) is 8.85. The molecule has 1 aliphatic heterocycles. The van der Waals surface area contributed by atoms with Crippen LogP contribution in [0.2, 0.25) is 0 Å². The molecule has 1 atom stereocenters. The summed E-state index contributed by atoms with van der Waals surface area (Å²) in [5, 5.41) is 12.3. The summed E-state index contributed by atoms with van der Waals surface area (Å²) >= 11 is 0. The molecule has 0 saturated carbocycles. The number of aromatic amines is 1. The van der Waals surface area contributed by atoms with Crippen molar-refractivity contribution in [2.75, 3.05) is 13.1 Å². The lowest BCUT2D eigenvalue weighted by atomic mass is 9.96. The lowest BCUT2D eigenvalue weighted by Crippen LogP contribution is -2.31. The van der Waals surface area contributed by atoms with Gasteiger partial charge in [0.05, 0.1) is 22.7 Å². The highest BCUT2D eigenvalue weighted by Gasteiger charge is 2.15. The molecule has 0 spiro atoms. The summed E-state index contributed by atoms with van der Waals surface area (Å²) in [5.41, 5.74) is 2.60. The minimum atomic E-state index is 0.676.